The summed E-state index contributed by atoms with van der Waals surface area (Å²) in [5, 5.41) is 3.06. The number of nitrogens with one attached hydrogen (secondary N) is 1. The number of ether oxygens (including phenoxy) is 4. The number of fused-ring (bicyclic) bond motifs is 1. The fourth-order valence-corrected chi connectivity index (χ4v) is 1.72. The van der Waals surface area contributed by atoms with Crippen molar-refractivity contribution in [1.29, 1.82) is 0 Å². The van der Waals surface area contributed by atoms with Crippen LogP contribution in [-0.4, -0.2) is 33.1 Å². The fourth-order valence-electron chi connectivity index (χ4n) is 1.72. The van der Waals surface area contributed by atoms with Crippen molar-refractivity contribution < 1.29 is 18.9 Å². The van der Waals surface area contributed by atoms with Crippen molar-refractivity contribution >= 4 is 11.7 Å². The van der Waals surface area contributed by atoms with Crippen molar-refractivity contribution in [3.8, 4) is 17.2 Å². The van der Waals surface area contributed by atoms with Gasteiger partial charge in [0.05, 0.1) is 19.3 Å². The highest BCUT2D eigenvalue weighted by Crippen LogP contribution is 2.40. The summed E-state index contributed by atoms with van der Waals surface area (Å²) < 4.78 is 21.1. The van der Waals surface area contributed by atoms with Gasteiger partial charge in [0.25, 0.3) is 6.02 Å². The number of nitrogens with zero attached hydrogens (tertiary/aromatic N) is 1. The van der Waals surface area contributed by atoms with Crippen LogP contribution in [0, 0.1) is 0 Å². The first-order valence-corrected chi connectivity index (χ1v) is 5.29. The lowest BCUT2D eigenvalue weighted by molar-refractivity contribution is 0.174. The molecule has 3 rings (SSSR count). The molecule has 17 heavy (non-hydrogen) atoms. The maximum absolute atomic E-state index is 5.30. The first-order valence-electron chi connectivity index (χ1n) is 5.29. The van der Waals surface area contributed by atoms with Crippen LogP contribution in [0.2, 0.25) is 0 Å². The normalized spacial score (nSPS) is 16.4. The first-order chi connectivity index (χ1) is 8.36. The van der Waals surface area contributed by atoms with Gasteiger partial charge in [-0.3, -0.25) is 0 Å². The molecule has 2 heterocycles. The van der Waals surface area contributed by atoms with Crippen LogP contribution in [0.25, 0.3) is 0 Å². The Morgan fingerprint density at radius 2 is 2.06 bits per heavy atom. The average Bonchev–Trinajstić information content (AvgIpc) is 2.98. The molecule has 0 aliphatic carbocycles. The Morgan fingerprint density at radius 1 is 1.24 bits per heavy atom. The van der Waals surface area contributed by atoms with Crippen molar-refractivity contribution in [1.82, 2.24) is 0 Å². The lowest BCUT2D eigenvalue weighted by atomic mass is 10.2. The first kappa shape index (κ1) is 10.1. The van der Waals surface area contributed by atoms with Crippen LogP contribution in [0.1, 0.15) is 0 Å². The van der Waals surface area contributed by atoms with E-state index in [1.807, 2.05) is 6.07 Å². The predicted molar refractivity (Wildman–Crippen MR) is 61.0 cm³/mol. The van der Waals surface area contributed by atoms with E-state index in [9.17, 15) is 0 Å². The quantitative estimate of drug-likeness (QED) is 0.836. The van der Waals surface area contributed by atoms with Gasteiger partial charge in [0.1, 0.15) is 12.4 Å². The molecule has 2 aliphatic rings. The molecule has 0 bridgehead atoms. The van der Waals surface area contributed by atoms with Gasteiger partial charge >= 0.3 is 0 Å². The number of rotatable bonds is 2. The number of methoxy groups -OCH3 is 1. The van der Waals surface area contributed by atoms with E-state index in [2.05, 4.69) is 10.3 Å². The van der Waals surface area contributed by atoms with Crippen molar-refractivity contribution in [3.63, 3.8) is 0 Å². The van der Waals surface area contributed by atoms with E-state index >= 15 is 0 Å². The minimum atomic E-state index is 0.236. The molecule has 2 aliphatic heterocycles. The third-order valence-corrected chi connectivity index (χ3v) is 2.52. The molecule has 0 saturated carbocycles. The minimum Gasteiger partial charge on any atom is -0.494 e. The zero-order chi connectivity index (χ0) is 11.7. The van der Waals surface area contributed by atoms with Gasteiger partial charge in [-0.2, -0.15) is 0 Å². The molecular weight excluding hydrogens is 224 g/mol. The Bertz CT molecular complexity index is 473. The summed E-state index contributed by atoms with van der Waals surface area (Å²) in [6.07, 6.45) is 0. The van der Waals surface area contributed by atoms with E-state index in [-0.39, 0.29) is 6.79 Å². The van der Waals surface area contributed by atoms with E-state index in [1.165, 1.54) is 0 Å². The monoisotopic (exact) mass is 236 g/mol. The van der Waals surface area contributed by atoms with Crippen molar-refractivity contribution in [2.75, 3.05) is 32.4 Å². The second-order valence-corrected chi connectivity index (χ2v) is 3.57. The van der Waals surface area contributed by atoms with Gasteiger partial charge in [0.2, 0.25) is 6.79 Å². The molecule has 1 N–H and O–H groups in total. The third-order valence-electron chi connectivity index (χ3n) is 2.52. The lowest BCUT2D eigenvalue weighted by Gasteiger charge is -2.11. The smallest absolute Gasteiger partial charge is 0.289 e. The molecule has 1 aromatic carbocycles. The predicted octanol–water partition coefficient (Wildman–Crippen LogP) is 1.22. The molecule has 1 aromatic rings. The number of hydrogen-bond donors (Lipinski definition) is 1. The second kappa shape index (κ2) is 4.04. The van der Waals surface area contributed by atoms with Crippen LogP contribution >= 0.6 is 0 Å². The van der Waals surface area contributed by atoms with Crippen LogP contribution in [0.3, 0.4) is 0 Å². The molecule has 6 nitrogen and oxygen atoms in total. The van der Waals surface area contributed by atoms with Gasteiger partial charge in [-0.15, -0.1) is 0 Å². The lowest BCUT2D eigenvalue weighted by Crippen LogP contribution is -2.12. The zero-order valence-corrected chi connectivity index (χ0v) is 9.36. The highest BCUT2D eigenvalue weighted by molar-refractivity contribution is 5.92. The summed E-state index contributed by atoms with van der Waals surface area (Å²) >= 11 is 0. The third kappa shape index (κ3) is 1.82. The summed E-state index contributed by atoms with van der Waals surface area (Å²) in [5.74, 6) is 2.03. The van der Waals surface area contributed by atoms with Gasteiger partial charge in [-0.1, -0.05) is 0 Å². The van der Waals surface area contributed by atoms with Crippen LogP contribution < -0.4 is 19.5 Å². The number of amidine groups is 1. The number of benzene rings is 1. The summed E-state index contributed by atoms with van der Waals surface area (Å²) in [6, 6.07) is 4.09. The Labute approximate surface area is 98.1 Å². The minimum absolute atomic E-state index is 0.236. The van der Waals surface area contributed by atoms with Crippen molar-refractivity contribution in [2.24, 2.45) is 4.99 Å². The van der Waals surface area contributed by atoms with Gasteiger partial charge in [0, 0.05) is 12.1 Å². The summed E-state index contributed by atoms with van der Waals surface area (Å²) in [5.41, 5.74) is 0.748. The van der Waals surface area contributed by atoms with Crippen LogP contribution in [0.15, 0.2) is 17.1 Å². The van der Waals surface area contributed by atoms with Gasteiger partial charge < -0.3 is 24.3 Å². The highest BCUT2D eigenvalue weighted by Gasteiger charge is 2.19. The molecule has 0 saturated heterocycles. The maximum Gasteiger partial charge on any atom is 0.289 e. The number of aliphatic imine (C=N–C) groups is 1. The SMILES string of the molecule is COc1cc2c(cc1NC1=NCCO1)OCO2. The summed E-state index contributed by atoms with van der Waals surface area (Å²) in [6.45, 7) is 1.52. The molecular formula is C11H12N2O4. The molecule has 90 valence electrons. The maximum atomic E-state index is 5.30. The largest absolute Gasteiger partial charge is 0.494 e. The highest BCUT2D eigenvalue weighted by atomic mass is 16.7. The molecule has 6 heteroatoms. The van der Waals surface area contributed by atoms with Crippen LogP contribution in [0.5, 0.6) is 17.2 Å². The van der Waals surface area contributed by atoms with E-state index < -0.39 is 0 Å². The second-order valence-electron chi connectivity index (χ2n) is 3.57. The average molecular weight is 236 g/mol. The van der Waals surface area contributed by atoms with Gasteiger partial charge in [-0.05, 0) is 0 Å². The Balaban J connectivity index is 1.91. The van der Waals surface area contributed by atoms with Crippen molar-refractivity contribution in [3.05, 3.63) is 12.1 Å². The van der Waals surface area contributed by atoms with Crippen molar-refractivity contribution in [2.45, 2.75) is 0 Å². The zero-order valence-electron chi connectivity index (χ0n) is 9.36. The van der Waals surface area contributed by atoms with E-state index in [1.54, 1.807) is 13.2 Å². The van der Waals surface area contributed by atoms with Crippen LogP contribution in [0.4, 0.5) is 5.69 Å². The molecule has 0 aromatic heterocycles. The van der Waals surface area contributed by atoms with E-state index in [4.69, 9.17) is 18.9 Å². The topological polar surface area (TPSA) is 61.3 Å². The summed E-state index contributed by atoms with van der Waals surface area (Å²) in [7, 11) is 1.60. The number of anilines is 1. The standard InChI is InChI=1S/C11H12N2O4/c1-14-8-5-10-9(16-6-17-10)4-7(8)13-11-12-2-3-15-11/h4-5H,2-3,6H2,1H3,(H,12,13). The van der Waals surface area contributed by atoms with Gasteiger partial charge in [-0.25, -0.2) is 4.99 Å². The Kier molecular flexibility index (Phi) is 2.40. The van der Waals surface area contributed by atoms with Gasteiger partial charge in [0.15, 0.2) is 11.5 Å². The van der Waals surface area contributed by atoms with E-state index in [0.29, 0.717) is 36.4 Å². The summed E-state index contributed by atoms with van der Waals surface area (Å²) in [4.78, 5) is 4.16. The fraction of sp³-hybridized carbons (Fsp3) is 0.364. The molecule has 0 spiro atoms. The molecule has 0 radical (unpaired) electrons. The number of hydrogen-bond acceptors (Lipinski definition) is 6. The molecule has 0 amide bonds. The van der Waals surface area contributed by atoms with E-state index in [0.717, 1.165) is 5.69 Å². The Hall–Kier alpha value is -2.11. The molecule has 0 fully saturated rings. The molecule has 0 unspecified atom stereocenters. The van der Waals surface area contributed by atoms with Crippen LogP contribution in [-0.2, 0) is 4.74 Å². The molecule has 0 atom stereocenters. The Morgan fingerprint density at radius 3 is 2.76 bits per heavy atom.